The largest absolute Gasteiger partial charge is 0.408 e. The topological polar surface area (TPSA) is 67.2 Å². The first-order valence-electron chi connectivity index (χ1n) is 10.7. The van der Waals surface area contributed by atoms with Crippen molar-refractivity contribution >= 4 is 11.4 Å². The van der Waals surface area contributed by atoms with E-state index in [0.717, 1.165) is 24.1 Å². The molecule has 1 fully saturated rings. The molecule has 6 nitrogen and oxygen atoms in total. The second-order valence-electron chi connectivity index (χ2n) is 8.76. The van der Waals surface area contributed by atoms with Gasteiger partial charge in [-0.1, -0.05) is 6.07 Å². The third kappa shape index (κ3) is 4.38. The molecule has 0 radical (unpaired) electrons. The number of fused-ring (bicyclic) bond motifs is 1. The fraction of sp³-hybridized carbons (Fsp3) is 0.478. The van der Waals surface area contributed by atoms with Gasteiger partial charge in [0.15, 0.2) is 0 Å². The van der Waals surface area contributed by atoms with Crippen LogP contribution in [0.4, 0.5) is 24.5 Å². The highest BCUT2D eigenvalue weighted by molar-refractivity contribution is 5.61. The van der Waals surface area contributed by atoms with E-state index in [1.807, 2.05) is 6.07 Å². The molecule has 1 aliphatic heterocycles. The molecule has 1 aromatic heterocycles. The number of nitrogens with one attached hydrogen (secondary N) is 2. The number of nitriles is 1. The van der Waals surface area contributed by atoms with E-state index in [-0.39, 0.29) is 17.8 Å². The van der Waals surface area contributed by atoms with Gasteiger partial charge in [-0.2, -0.15) is 18.4 Å². The van der Waals surface area contributed by atoms with Crippen LogP contribution >= 0.6 is 0 Å². The Morgan fingerprint density at radius 1 is 1.31 bits per heavy atom. The fourth-order valence-electron chi connectivity index (χ4n) is 4.53. The third-order valence-corrected chi connectivity index (χ3v) is 6.17. The second kappa shape index (κ2) is 8.60. The molecule has 1 saturated carbocycles. The molecule has 0 spiro atoms. The summed E-state index contributed by atoms with van der Waals surface area (Å²) in [6, 6.07) is 7.59. The number of aryl methyl sites for hydroxylation is 1. The van der Waals surface area contributed by atoms with Crippen LogP contribution < -0.4 is 15.8 Å². The fourth-order valence-corrected chi connectivity index (χ4v) is 4.53. The van der Waals surface area contributed by atoms with E-state index in [9.17, 15) is 18.4 Å². The average molecular weight is 445 g/mol. The van der Waals surface area contributed by atoms with E-state index in [1.54, 1.807) is 31.5 Å². The van der Waals surface area contributed by atoms with E-state index in [2.05, 4.69) is 26.8 Å². The van der Waals surface area contributed by atoms with Gasteiger partial charge < -0.3 is 10.3 Å². The van der Waals surface area contributed by atoms with Crippen LogP contribution in [-0.2, 0) is 0 Å². The van der Waals surface area contributed by atoms with Gasteiger partial charge >= 0.3 is 6.18 Å². The number of pyridine rings is 1. The maximum absolute atomic E-state index is 13.6. The second-order valence-corrected chi connectivity index (χ2v) is 8.76. The summed E-state index contributed by atoms with van der Waals surface area (Å²) in [5.41, 5.74) is 6.88. The molecule has 3 atom stereocenters. The van der Waals surface area contributed by atoms with Crippen LogP contribution in [0.1, 0.15) is 48.2 Å². The summed E-state index contributed by atoms with van der Waals surface area (Å²) in [4.78, 5) is 5.43. The molecule has 0 saturated heterocycles. The highest BCUT2D eigenvalue weighted by atomic mass is 19.4. The number of rotatable bonds is 7. The summed E-state index contributed by atoms with van der Waals surface area (Å²) in [7, 11) is 2.87. The Hall–Kier alpha value is -2.83. The lowest BCUT2D eigenvalue weighted by Gasteiger charge is -2.30. The van der Waals surface area contributed by atoms with Crippen LogP contribution in [0, 0.1) is 24.2 Å². The van der Waals surface area contributed by atoms with Crippen molar-refractivity contribution in [2.45, 2.75) is 50.6 Å². The number of aromatic nitrogens is 1. The van der Waals surface area contributed by atoms with Crippen LogP contribution in [-0.4, -0.2) is 36.2 Å². The standard InChI is InChI=1S/C23H27F3N6/c1-14-12-16(6-7-17(14)21(31(2)3)23(24,25)26)29-22-18-13-28-11-9-20(18)32(30-22)19(8-10-27)15-4-5-15/h6-7,9,11-13,15,19,21-22,29-30H,4-5,8H2,1-3H3. The van der Waals surface area contributed by atoms with E-state index >= 15 is 0 Å². The maximum atomic E-state index is 13.6. The molecule has 0 amide bonds. The molecule has 0 bridgehead atoms. The predicted octanol–water partition coefficient (Wildman–Crippen LogP) is 4.68. The van der Waals surface area contributed by atoms with Crippen LogP contribution in [0.2, 0.25) is 0 Å². The molecule has 1 aromatic carbocycles. The van der Waals surface area contributed by atoms with Crippen molar-refractivity contribution in [2.75, 3.05) is 24.4 Å². The zero-order chi connectivity index (χ0) is 23.0. The van der Waals surface area contributed by atoms with Crippen LogP contribution in [0.3, 0.4) is 0 Å². The van der Waals surface area contributed by atoms with E-state index in [4.69, 9.17) is 0 Å². The lowest BCUT2D eigenvalue weighted by molar-refractivity contribution is -0.179. The van der Waals surface area contributed by atoms with Crippen molar-refractivity contribution in [2.24, 2.45) is 5.92 Å². The number of anilines is 2. The molecule has 32 heavy (non-hydrogen) atoms. The van der Waals surface area contributed by atoms with Crippen LogP contribution in [0.15, 0.2) is 36.7 Å². The Kier molecular flexibility index (Phi) is 6.01. The first-order valence-corrected chi connectivity index (χ1v) is 10.7. The molecule has 2 aromatic rings. The molecule has 4 rings (SSSR count). The van der Waals surface area contributed by atoms with Crippen LogP contribution in [0.25, 0.3) is 0 Å². The van der Waals surface area contributed by atoms with Crippen molar-refractivity contribution in [3.63, 3.8) is 0 Å². The van der Waals surface area contributed by atoms with Gasteiger partial charge in [0.25, 0.3) is 0 Å². The van der Waals surface area contributed by atoms with Gasteiger partial charge in [0.2, 0.25) is 0 Å². The monoisotopic (exact) mass is 444 g/mol. The SMILES string of the molecule is Cc1cc(NC2NN(C(CC#N)C3CC3)c3ccncc32)ccc1C(N(C)C)C(F)(F)F. The first kappa shape index (κ1) is 22.4. The van der Waals surface area contributed by atoms with Crippen molar-refractivity contribution in [3.05, 3.63) is 53.3 Å². The van der Waals surface area contributed by atoms with Gasteiger partial charge in [-0.15, -0.1) is 0 Å². The smallest absolute Gasteiger partial charge is 0.365 e. The Morgan fingerprint density at radius 3 is 2.66 bits per heavy atom. The van der Waals surface area contributed by atoms with Crippen molar-refractivity contribution in [1.82, 2.24) is 15.3 Å². The summed E-state index contributed by atoms with van der Waals surface area (Å²) in [5, 5.41) is 14.8. The zero-order valence-electron chi connectivity index (χ0n) is 18.3. The van der Waals surface area contributed by atoms with Gasteiger partial charge in [-0.25, -0.2) is 5.43 Å². The minimum Gasteiger partial charge on any atom is -0.365 e. The minimum atomic E-state index is -4.36. The number of halogens is 3. The van der Waals surface area contributed by atoms with E-state index in [1.165, 1.54) is 25.1 Å². The van der Waals surface area contributed by atoms with Gasteiger partial charge in [0.05, 0.1) is 24.2 Å². The molecule has 9 heteroatoms. The van der Waals surface area contributed by atoms with Crippen molar-refractivity contribution < 1.29 is 13.2 Å². The van der Waals surface area contributed by atoms with Crippen molar-refractivity contribution in [3.8, 4) is 6.07 Å². The average Bonchev–Trinajstić information content (AvgIpc) is 3.50. The normalized spacial score (nSPS) is 20.1. The lowest BCUT2D eigenvalue weighted by Crippen LogP contribution is -2.45. The van der Waals surface area contributed by atoms with Gasteiger partial charge in [-0.05, 0) is 69.1 Å². The Morgan fingerprint density at radius 2 is 2.06 bits per heavy atom. The maximum Gasteiger partial charge on any atom is 0.408 e. The van der Waals surface area contributed by atoms with Gasteiger partial charge in [0, 0.05) is 23.6 Å². The number of alkyl halides is 3. The molecule has 170 valence electrons. The Balaban J connectivity index is 1.58. The molecule has 3 unspecified atom stereocenters. The molecule has 1 aliphatic carbocycles. The Bertz CT molecular complexity index is 1010. The Labute approximate surface area is 186 Å². The molecule has 2 N–H and O–H groups in total. The number of benzene rings is 1. The zero-order valence-corrected chi connectivity index (χ0v) is 18.3. The van der Waals surface area contributed by atoms with Gasteiger partial charge in [-0.3, -0.25) is 9.88 Å². The van der Waals surface area contributed by atoms with Crippen molar-refractivity contribution in [1.29, 1.82) is 5.26 Å². The lowest BCUT2D eigenvalue weighted by atomic mass is 9.99. The summed E-state index contributed by atoms with van der Waals surface area (Å²) in [5.74, 6) is 0.480. The summed E-state index contributed by atoms with van der Waals surface area (Å²) < 4.78 is 40.7. The van der Waals surface area contributed by atoms with E-state index in [0.29, 0.717) is 23.6 Å². The summed E-state index contributed by atoms with van der Waals surface area (Å²) >= 11 is 0. The molecule has 2 aliphatic rings. The van der Waals surface area contributed by atoms with E-state index < -0.39 is 12.2 Å². The quantitative estimate of drug-likeness (QED) is 0.646. The van der Waals surface area contributed by atoms with Crippen LogP contribution in [0.5, 0.6) is 0 Å². The number of nitrogens with zero attached hydrogens (tertiary/aromatic N) is 4. The molecule has 2 heterocycles. The molecular weight excluding hydrogens is 417 g/mol. The van der Waals surface area contributed by atoms with Gasteiger partial charge in [0.1, 0.15) is 12.2 Å². The molecular formula is C23H27F3N6. The summed E-state index contributed by atoms with van der Waals surface area (Å²) in [6.07, 6.45) is 1.48. The summed E-state index contributed by atoms with van der Waals surface area (Å²) in [6.45, 7) is 1.70. The first-order chi connectivity index (χ1) is 15.2. The highest BCUT2D eigenvalue weighted by Crippen LogP contribution is 2.43. The highest BCUT2D eigenvalue weighted by Gasteiger charge is 2.43. The number of hydrogen-bond acceptors (Lipinski definition) is 6. The number of hydrogen-bond donors (Lipinski definition) is 2. The number of hydrazine groups is 1. The third-order valence-electron chi connectivity index (χ3n) is 6.17. The minimum absolute atomic E-state index is 0.0738. The predicted molar refractivity (Wildman–Crippen MR) is 117 cm³/mol.